The summed E-state index contributed by atoms with van der Waals surface area (Å²) in [6.07, 6.45) is 2.74. The van der Waals surface area contributed by atoms with Crippen LogP contribution in [0.3, 0.4) is 0 Å². The van der Waals surface area contributed by atoms with Crippen LogP contribution >= 0.6 is 0 Å². The smallest absolute Gasteiger partial charge is 0.206 e. The molecule has 0 radical (unpaired) electrons. The number of rotatable bonds is 4. The van der Waals surface area contributed by atoms with Gasteiger partial charge in [-0.3, -0.25) is 4.98 Å². The van der Waals surface area contributed by atoms with E-state index in [4.69, 9.17) is 17.3 Å². The third-order valence-corrected chi connectivity index (χ3v) is 4.79. The molecule has 0 unspecified atom stereocenters. The van der Waals surface area contributed by atoms with Gasteiger partial charge in [0.25, 0.3) is 0 Å². The summed E-state index contributed by atoms with van der Waals surface area (Å²) >= 11 is 0. The van der Waals surface area contributed by atoms with Crippen LogP contribution in [0.15, 0.2) is 42.6 Å². The Morgan fingerprint density at radius 1 is 1.24 bits per heavy atom. The largest absolute Gasteiger partial charge is 0.342 e. The number of para-hydroxylation sites is 2. The minimum absolute atomic E-state index is 0.532. The molecular weight excluding hydrogens is 312 g/mol. The number of anilines is 1. The van der Waals surface area contributed by atoms with Crippen LogP contribution in [0, 0.1) is 12.5 Å². The zero-order chi connectivity index (χ0) is 17.2. The summed E-state index contributed by atoms with van der Waals surface area (Å²) in [5, 5.41) is 0. The highest BCUT2D eigenvalue weighted by atomic mass is 15.3. The van der Waals surface area contributed by atoms with E-state index in [-0.39, 0.29) is 0 Å². The van der Waals surface area contributed by atoms with Crippen LogP contribution in [0.25, 0.3) is 15.9 Å². The first kappa shape index (κ1) is 15.6. The summed E-state index contributed by atoms with van der Waals surface area (Å²) in [4.78, 5) is 15.0. The summed E-state index contributed by atoms with van der Waals surface area (Å²) in [7, 11) is 0. The molecule has 1 fully saturated rings. The molecule has 126 valence electrons. The van der Waals surface area contributed by atoms with Crippen LogP contribution in [0.1, 0.15) is 12.1 Å². The van der Waals surface area contributed by atoms with Crippen molar-refractivity contribution < 1.29 is 0 Å². The van der Waals surface area contributed by atoms with Crippen molar-refractivity contribution in [3.63, 3.8) is 0 Å². The highest BCUT2D eigenvalue weighted by molar-refractivity contribution is 5.79. The number of hydrogen-bond donors (Lipinski definition) is 1. The van der Waals surface area contributed by atoms with E-state index >= 15 is 0 Å². The van der Waals surface area contributed by atoms with Gasteiger partial charge >= 0.3 is 0 Å². The lowest BCUT2D eigenvalue weighted by molar-refractivity contribution is 0.600. The van der Waals surface area contributed by atoms with Crippen LogP contribution in [-0.4, -0.2) is 34.2 Å². The molecule has 3 aromatic rings. The molecule has 1 aromatic carbocycles. The van der Waals surface area contributed by atoms with Gasteiger partial charge in [-0.1, -0.05) is 18.2 Å². The fraction of sp³-hybridized carbons (Fsp3) is 0.316. The SMILES string of the molecule is [C-]#[N+]c1ccc(Cn2c(N3CC[C@H](CN)C3)nc3ccccc32)nc1. The Balaban J connectivity index is 1.72. The second-order valence-corrected chi connectivity index (χ2v) is 6.44. The lowest BCUT2D eigenvalue weighted by Crippen LogP contribution is -2.25. The Labute approximate surface area is 146 Å². The Hall–Kier alpha value is -2.91. The van der Waals surface area contributed by atoms with E-state index < -0.39 is 0 Å². The molecule has 1 aliphatic heterocycles. The molecule has 4 rings (SSSR count). The molecular formula is C19H20N6. The average Bonchev–Trinajstić information content (AvgIpc) is 3.27. The molecule has 1 saturated heterocycles. The van der Waals surface area contributed by atoms with Gasteiger partial charge in [-0.25, -0.2) is 9.83 Å². The fourth-order valence-corrected chi connectivity index (χ4v) is 3.41. The van der Waals surface area contributed by atoms with Gasteiger partial charge < -0.3 is 15.2 Å². The van der Waals surface area contributed by atoms with E-state index in [1.165, 1.54) is 0 Å². The minimum atomic E-state index is 0.532. The molecule has 0 amide bonds. The van der Waals surface area contributed by atoms with Crippen LogP contribution < -0.4 is 10.6 Å². The topological polar surface area (TPSA) is 64.3 Å². The molecule has 6 nitrogen and oxygen atoms in total. The van der Waals surface area contributed by atoms with Crippen molar-refractivity contribution in [1.82, 2.24) is 14.5 Å². The van der Waals surface area contributed by atoms with E-state index in [0.717, 1.165) is 48.7 Å². The van der Waals surface area contributed by atoms with E-state index in [0.29, 0.717) is 18.2 Å². The summed E-state index contributed by atoms with van der Waals surface area (Å²) in [6.45, 7) is 10.3. The van der Waals surface area contributed by atoms with Crippen molar-refractivity contribution in [3.8, 4) is 0 Å². The quantitative estimate of drug-likeness (QED) is 0.746. The predicted octanol–water partition coefficient (Wildman–Crippen LogP) is 2.82. The summed E-state index contributed by atoms with van der Waals surface area (Å²) in [5.41, 5.74) is 9.43. The number of imidazole rings is 1. The first-order chi connectivity index (χ1) is 12.3. The molecule has 6 heteroatoms. The lowest BCUT2D eigenvalue weighted by Gasteiger charge is -2.19. The van der Waals surface area contributed by atoms with Crippen molar-refractivity contribution in [1.29, 1.82) is 0 Å². The molecule has 3 heterocycles. The van der Waals surface area contributed by atoms with Gasteiger partial charge in [0.2, 0.25) is 11.6 Å². The number of benzene rings is 1. The maximum atomic E-state index is 7.06. The number of nitrogens with zero attached hydrogens (tertiary/aromatic N) is 5. The number of hydrogen-bond acceptors (Lipinski definition) is 4. The van der Waals surface area contributed by atoms with E-state index in [1.54, 1.807) is 6.20 Å². The molecule has 0 saturated carbocycles. The van der Waals surface area contributed by atoms with Gasteiger partial charge in [0.05, 0.1) is 29.8 Å². The monoisotopic (exact) mass is 332 g/mol. The second-order valence-electron chi connectivity index (χ2n) is 6.44. The number of aromatic nitrogens is 3. The third kappa shape index (κ3) is 2.94. The van der Waals surface area contributed by atoms with Crippen molar-refractivity contribution in [2.75, 3.05) is 24.5 Å². The van der Waals surface area contributed by atoms with Crippen LogP contribution in [-0.2, 0) is 6.54 Å². The van der Waals surface area contributed by atoms with Crippen molar-refractivity contribution in [3.05, 3.63) is 59.7 Å². The lowest BCUT2D eigenvalue weighted by atomic mass is 10.1. The third-order valence-electron chi connectivity index (χ3n) is 4.79. The average molecular weight is 332 g/mol. The van der Waals surface area contributed by atoms with E-state index in [9.17, 15) is 0 Å². The Morgan fingerprint density at radius 3 is 2.84 bits per heavy atom. The Kier molecular flexibility index (Phi) is 4.08. The molecule has 0 aliphatic carbocycles. The van der Waals surface area contributed by atoms with E-state index in [1.807, 2.05) is 30.3 Å². The first-order valence-electron chi connectivity index (χ1n) is 8.51. The van der Waals surface area contributed by atoms with Gasteiger partial charge in [-0.2, -0.15) is 0 Å². The zero-order valence-electron chi connectivity index (χ0n) is 14.0. The highest BCUT2D eigenvalue weighted by Crippen LogP contribution is 2.28. The normalized spacial score (nSPS) is 17.1. The summed E-state index contributed by atoms with van der Waals surface area (Å²) in [5.74, 6) is 1.51. The van der Waals surface area contributed by atoms with Gasteiger partial charge in [-0.05, 0) is 37.1 Å². The fourth-order valence-electron chi connectivity index (χ4n) is 3.41. The number of pyridine rings is 1. The molecule has 0 spiro atoms. The van der Waals surface area contributed by atoms with Crippen LogP contribution in [0.4, 0.5) is 11.6 Å². The molecule has 2 N–H and O–H groups in total. The molecule has 25 heavy (non-hydrogen) atoms. The van der Waals surface area contributed by atoms with Gasteiger partial charge in [-0.15, -0.1) is 0 Å². The molecule has 1 aliphatic rings. The summed E-state index contributed by atoms with van der Waals surface area (Å²) in [6, 6.07) is 11.9. The standard InChI is InChI=1S/C19H20N6/c1-21-15-6-7-16(22-11-15)13-25-18-5-3-2-4-17(18)23-19(25)24-9-8-14(10-20)12-24/h2-7,11,14H,8-10,12-13,20H2/t14-/m1/s1. The van der Waals surface area contributed by atoms with Crippen molar-refractivity contribution in [2.24, 2.45) is 11.7 Å². The van der Waals surface area contributed by atoms with Gasteiger partial charge in [0.15, 0.2) is 0 Å². The zero-order valence-corrected chi connectivity index (χ0v) is 14.0. The number of fused-ring (bicyclic) bond motifs is 1. The number of nitrogens with two attached hydrogens (primary N) is 1. The van der Waals surface area contributed by atoms with Gasteiger partial charge in [0.1, 0.15) is 0 Å². The predicted molar refractivity (Wildman–Crippen MR) is 98.7 cm³/mol. The second kappa shape index (κ2) is 6.54. The maximum Gasteiger partial charge on any atom is 0.206 e. The summed E-state index contributed by atoms with van der Waals surface area (Å²) < 4.78 is 2.22. The highest BCUT2D eigenvalue weighted by Gasteiger charge is 2.26. The molecule has 1 atom stereocenters. The van der Waals surface area contributed by atoms with Gasteiger partial charge in [0, 0.05) is 19.3 Å². The van der Waals surface area contributed by atoms with E-state index in [2.05, 4.69) is 25.4 Å². The maximum absolute atomic E-state index is 7.06. The van der Waals surface area contributed by atoms with Crippen molar-refractivity contribution in [2.45, 2.75) is 13.0 Å². The molecule has 2 aromatic heterocycles. The minimum Gasteiger partial charge on any atom is -0.342 e. The van der Waals surface area contributed by atoms with Crippen LogP contribution in [0.5, 0.6) is 0 Å². The molecule has 0 bridgehead atoms. The Morgan fingerprint density at radius 2 is 2.12 bits per heavy atom. The van der Waals surface area contributed by atoms with Crippen LogP contribution in [0.2, 0.25) is 0 Å². The first-order valence-corrected chi connectivity index (χ1v) is 8.51. The van der Waals surface area contributed by atoms with Crippen molar-refractivity contribution >= 4 is 22.7 Å². The Bertz CT molecular complexity index is 921.